The zero-order valence-corrected chi connectivity index (χ0v) is 11.6. The van der Waals surface area contributed by atoms with Gasteiger partial charge >= 0.3 is 0 Å². The van der Waals surface area contributed by atoms with Crippen molar-refractivity contribution in [3.05, 3.63) is 29.3 Å². The van der Waals surface area contributed by atoms with Crippen molar-refractivity contribution in [3.8, 4) is 0 Å². The smallest absolute Gasteiger partial charge is 0.0698 e. The van der Waals surface area contributed by atoms with Crippen molar-refractivity contribution in [2.45, 2.75) is 25.8 Å². The molecular formula is C15H24N2O2. The molecule has 0 spiro atoms. The van der Waals surface area contributed by atoms with E-state index in [4.69, 9.17) is 9.84 Å². The van der Waals surface area contributed by atoms with E-state index in [9.17, 15) is 0 Å². The number of ether oxygens (including phenoxy) is 1. The summed E-state index contributed by atoms with van der Waals surface area (Å²) in [6, 6.07) is 7.15. The van der Waals surface area contributed by atoms with Gasteiger partial charge in [-0.2, -0.15) is 0 Å². The zero-order chi connectivity index (χ0) is 13.5. The Bertz CT molecular complexity index is 396. The molecule has 1 unspecified atom stereocenters. The van der Waals surface area contributed by atoms with Crippen LogP contribution in [0.2, 0.25) is 0 Å². The fourth-order valence-electron chi connectivity index (χ4n) is 2.45. The van der Waals surface area contributed by atoms with Gasteiger partial charge in [0.2, 0.25) is 0 Å². The van der Waals surface area contributed by atoms with Crippen LogP contribution in [0.5, 0.6) is 0 Å². The molecule has 1 aromatic carbocycles. The summed E-state index contributed by atoms with van der Waals surface area (Å²) in [6.45, 7) is 5.26. The van der Waals surface area contributed by atoms with E-state index in [2.05, 4.69) is 35.8 Å². The number of fused-ring (bicyclic) bond motifs is 1. The van der Waals surface area contributed by atoms with Gasteiger partial charge in [0.1, 0.15) is 0 Å². The van der Waals surface area contributed by atoms with Crippen molar-refractivity contribution < 1.29 is 9.84 Å². The van der Waals surface area contributed by atoms with Crippen LogP contribution in [-0.2, 0) is 17.6 Å². The second-order valence-electron chi connectivity index (χ2n) is 5.06. The molecule has 106 valence electrons. The molecule has 0 bridgehead atoms. The van der Waals surface area contributed by atoms with E-state index in [0.29, 0.717) is 19.3 Å². The van der Waals surface area contributed by atoms with Crippen LogP contribution in [0.1, 0.15) is 18.1 Å². The van der Waals surface area contributed by atoms with Gasteiger partial charge in [-0.15, -0.1) is 0 Å². The first-order valence-electron chi connectivity index (χ1n) is 7.07. The van der Waals surface area contributed by atoms with Gasteiger partial charge in [0, 0.05) is 24.8 Å². The number of hydrogen-bond acceptors (Lipinski definition) is 4. The van der Waals surface area contributed by atoms with Crippen LogP contribution in [0, 0.1) is 0 Å². The molecular weight excluding hydrogens is 240 g/mol. The molecule has 0 radical (unpaired) electrons. The SMILES string of the molecule is CC(Cc1ccc2c(c1)CCN2)NCCOCCO. The molecule has 19 heavy (non-hydrogen) atoms. The van der Waals surface area contributed by atoms with E-state index >= 15 is 0 Å². The molecule has 0 fully saturated rings. The predicted octanol–water partition coefficient (Wildman–Crippen LogP) is 1.18. The lowest BCUT2D eigenvalue weighted by Crippen LogP contribution is -2.31. The summed E-state index contributed by atoms with van der Waals surface area (Å²) >= 11 is 0. The van der Waals surface area contributed by atoms with Crippen LogP contribution < -0.4 is 10.6 Å². The van der Waals surface area contributed by atoms with Crippen LogP contribution in [0.15, 0.2) is 18.2 Å². The van der Waals surface area contributed by atoms with Crippen LogP contribution >= 0.6 is 0 Å². The van der Waals surface area contributed by atoms with Gasteiger partial charge in [-0.3, -0.25) is 0 Å². The Morgan fingerprint density at radius 1 is 1.42 bits per heavy atom. The molecule has 0 saturated heterocycles. The molecule has 0 aliphatic carbocycles. The quantitative estimate of drug-likeness (QED) is 0.617. The maximum atomic E-state index is 8.60. The number of rotatable bonds is 8. The van der Waals surface area contributed by atoms with Gasteiger partial charge in [0.25, 0.3) is 0 Å². The summed E-state index contributed by atoms with van der Waals surface area (Å²) in [5, 5.41) is 15.4. The van der Waals surface area contributed by atoms with Crippen LogP contribution in [0.3, 0.4) is 0 Å². The highest BCUT2D eigenvalue weighted by atomic mass is 16.5. The lowest BCUT2D eigenvalue weighted by Gasteiger charge is -2.14. The van der Waals surface area contributed by atoms with Crippen LogP contribution in [0.25, 0.3) is 0 Å². The molecule has 4 heteroatoms. The molecule has 1 heterocycles. The molecule has 0 amide bonds. The minimum Gasteiger partial charge on any atom is -0.394 e. The summed E-state index contributed by atoms with van der Waals surface area (Å²) in [5.74, 6) is 0. The predicted molar refractivity (Wildman–Crippen MR) is 77.7 cm³/mol. The zero-order valence-electron chi connectivity index (χ0n) is 11.6. The minimum atomic E-state index is 0.0959. The molecule has 0 saturated carbocycles. The first-order chi connectivity index (χ1) is 9.29. The largest absolute Gasteiger partial charge is 0.394 e. The van der Waals surface area contributed by atoms with Crippen molar-refractivity contribution in [3.63, 3.8) is 0 Å². The summed E-state index contributed by atoms with van der Waals surface area (Å²) in [6.07, 6.45) is 2.17. The van der Waals surface area contributed by atoms with E-state index in [1.54, 1.807) is 0 Å². The van der Waals surface area contributed by atoms with Crippen molar-refractivity contribution in [1.82, 2.24) is 5.32 Å². The molecule has 2 rings (SSSR count). The van der Waals surface area contributed by atoms with Crippen LogP contribution in [0.4, 0.5) is 5.69 Å². The summed E-state index contributed by atoms with van der Waals surface area (Å²) in [5.41, 5.74) is 4.12. The number of anilines is 1. The number of aliphatic hydroxyl groups excluding tert-OH is 1. The Labute approximate surface area is 115 Å². The fourth-order valence-corrected chi connectivity index (χ4v) is 2.45. The van der Waals surface area contributed by atoms with Crippen molar-refractivity contribution in [2.24, 2.45) is 0 Å². The van der Waals surface area contributed by atoms with Crippen molar-refractivity contribution >= 4 is 5.69 Å². The van der Waals surface area contributed by atoms with Gasteiger partial charge in [-0.05, 0) is 37.0 Å². The van der Waals surface area contributed by atoms with Crippen molar-refractivity contribution in [2.75, 3.05) is 38.2 Å². The molecule has 4 nitrogen and oxygen atoms in total. The van der Waals surface area contributed by atoms with Gasteiger partial charge in [0.05, 0.1) is 19.8 Å². The summed E-state index contributed by atoms with van der Waals surface area (Å²) < 4.78 is 5.22. The maximum Gasteiger partial charge on any atom is 0.0698 e. The summed E-state index contributed by atoms with van der Waals surface area (Å²) in [4.78, 5) is 0. The van der Waals surface area contributed by atoms with Crippen LogP contribution in [-0.4, -0.2) is 44.1 Å². The Hall–Kier alpha value is -1.10. The topological polar surface area (TPSA) is 53.5 Å². The Balaban J connectivity index is 1.71. The monoisotopic (exact) mass is 264 g/mol. The Morgan fingerprint density at radius 3 is 3.16 bits per heavy atom. The average Bonchev–Trinajstić information content (AvgIpc) is 2.86. The van der Waals surface area contributed by atoms with Gasteiger partial charge in [-0.25, -0.2) is 0 Å². The maximum absolute atomic E-state index is 8.60. The third-order valence-electron chi connectivity index (χ3n) is 3.40. The molecule has 3 N–H and O–H groups in total. The lowest BCUT2D eigenvalue weighted by atomic mass is 10.0. The first kappa shape index (κ1) is 14.3. The normalized spacial score (nSPS) is 15.1. The van der Waals surface area contributed by atoms with Gasteiger partial charge < -0.3 is 20.5 Å². The standard InChI is InChI=1S/C15H24N2O2/c1-12(16-6-8-19-9-7-18)10-13-2-3-15-14(11-13)4-5-17-15/h2-3,11-12,16-18H,4-10H2,1H3. The third-order valence-corrected chi connectivity index (χ3v) is 3.40. The molecule has 0 aromatic heterocycles. The van der Waals surface area contributed by atoms with E-state index < -0.39 is 0 Å². The highest BCUT2D eigenvalue weighted by Gasteiger charge is 2.11. The molecule has 1 aromatic rings. The number of nitrogens with one attached hydrogen (secondary N) is 2. The molecule has 1 aliphatic rings. The fraction of sp³-hybridized carbons (Fsp3) is 0.600. The number of benzene rings is 1. The lowest BCUT2D eigenvalue weighted by molar-refractivity contribution is 0.0928. The average molecular weight is 264 g/mol. The highest BCUT2D eigenvalue weighted by molar-refractivity contribution is 5.56. The minimum absolute atomic E-state index is 0.0959. The number of aliphatic hydroxyl groups is 1. The van der Waals surface area contributed by atoms with E-state index in [1.165, 1.54) is 16.8 Å². The first-order valence-corrected chi connectivity index (χ1v) is 7.07. The third kappa shape index (κ3) is 4.49. The van der Waals surface area contributed by atoms with Gasteiger partial charge in [0.15, 0.2) is 0 Å². The summed E-state index contributed by atoms with van der Waals surface area (Å²) in [7, 11) is 0. The van der Waals surface area contributed by atoms with Gasteiger partial charge in [-0.1, -0.05) is 12.1 Å². The second kappa shape index (κ2) is 7.48. The van der Waals surface area contributed by atoms with E-state index in [1.807, 2.05) is 0 Å². The second-order valence-corrected chi connectivity index (χ2v) is 5.06. The molecule has 1 atom stereocenters. The Morgan fingerprint density at radius 2 is 2.32 bits per heavy atom. The number of hydrogen-bond donors (Lipinski definition) is 3. The van der Waals surface area contributed by atoms with E-state index in [-0.39, 0.29) is 6.61 Å². The van der Waals surface area contributed by atoms with Crippen molar-refractivity contribution in [1.29, 1.82) is 0 Å². The van der Waals surface area contributed by atoms with E-state index in [0.717, 1.165) is 25.9 Å². The Kier molecular flexibility index (Phi) is 5.63. The molecule has 1 aliphatic heterocycles. The highest BCUT2D eigenvalue weighted by Crippen LogP contribution is 2.23.